The van der Waals surface area contributed by atoms with Crippen LogP contribution in [0, 0.1) is 0 Å². The highest BCUT2D eigenvalue weighted by Gasteiger charge is 1.88. The first-order valence-corrected chi connectivity index (χ1v) is 4.11. The summed E-state index contributed by atoms with van der Waals surface area (Å²) in [7, 11) is 2.04. The van der Waals surface area contributed by atoms with E-state index in [0.29, 0.717) is 0 Å². The van der Waals surface area contributed by atoms with Crippen LogP contribution in [0.15, 0.2) is 24.4 Å². The van der Waals surface area contributed by atoms with Gasteiger partial charge in [-0.3, -0.25) is 4.98 Å². The largest absolute Gasteiger partial charge is 0.344 e. The highest BCUT2D eigenvalue weighted by Crippen LogP contribution is 1.87. The molecule has 0 unspecified atom stereocenters. The number of nitrogens with zero attached hydrogens (tertiary/aromatic N) is 1. The van der Waals surface area contributed by atoms with Gasteiger partial charge in [-0.1, -0.05) is 19.9 Å². The molecule has 1 aromatic rings. The van der Waals surface area contributed by atoms with Gasteiger partial charge in [0.15, 0.2) is 0 Å². The summed E-state index contributed by atoms with van der Waals surface area (Å²) >= 11 is 0. The van der Waals surface area contributed by atoms with E-state index in [1.165, 1.54) is 0 Å². The highest BCUT2D eigenvalue weighted by atomic mass is 14.8. The van der Waals surface area contributed by atoms with E-state index in [1.807, 2.05) is 45.3 Å². The first-order valence-electron chi connectivity index (χ1n) is 4.11. The number of quaternary nitrogens is 1. The van der Waals surface area contributed by atoms with Gasteiger partial charge in [-0.2, -0.15) is 0 Å². The molecule has 0 spiro atoms. The van der Waals surface area contributed by atoms with Gasteiger partial charge in [-0.15, -0.1) is 0 Å². The summed E-state index contributed by atoms with van der Waals surface area (Å²) in [5.74, 6) is 0. The fourth-order valence-corrected chi connectivity index (χ4v) is 0.728. The standard InChI is InChI=1S/C7H10N2.C2H6/c1-8-6-7-4-2-3-5-9-7;1-2/h2-5,8H,6H2,1H3;1-2H3/p+1. The summed E-state index contributed by atoms with van der Waals surface area (Å²) in [4.78, 5) is 4.14. The summed E-state index contributed by atoms with van der Waals surface area (Å²) in [5, 5.41) is 2.10. The van der Waals surface area contributed by atoms with Crippen molar-refractivity contribution in [2.24, 2.45) is 0 Å². The maximum atomic E-state index is 4.14. The third-order valence-electron chi connectivity index (χ3n) is 1.14. The van der Waals surface area contributed by atoms with Crippen LogP contribution in [0.4, 0.5) is 0 Å². The Morgan fingerprint density at radius 3 is 2.55 bits per heavy atom. The molecule has 0 saturated carbocycles. The van der Waals surface area contributed by atoms with E-state index in [0.717, 1.165) is 12.2 Å². The summed E-state index contributed by atoms with van der Waals surface area (Å²) in [6.07, 6.45) is 1.82. The lowest BCUT2D eigenvalue weighted by molar-refractivity contribution is -0.643. The van der Waals surface area contributed by atoms with Gasteiger partial charge in [-0.25, -0.2) is 0 Å². The van der Waals surface area contributed by atoms with Gasteiger partial charge >= 0.3 is 0 Å². The Labute approximate surface area is 68.7 Å². The van der Waals surface area contributed by atoms with Gasteiger partial charge in [0.25, 0.3) is 0 Å². The fourth-order valence-electron chi connectivity index (χ4n) is 0.728. The molecular weight excluding hydrogens is 136 g/mol. The lowest BCUT2D eigenvalue weighted by atomic mass is 10.3. The number of nitrogens with two attached hydrogens (primary N) is 1. The molecule has 0 saturated heterocycles. The molecule has 1 rings (SSSR count). The van der Waals surface area contributed by atoms with Crippen molar-refractivity contribution in [2.75, 3.05) is 7.05 Å². The highest BCUT2D eigenvalue weighted by molar-refractivity contribution is 5.01. The van der Waals surface area contributed by atoms with Crippen LogP contribution < -0.4 is 5.32 Å². The van der Waals surface area contributed by atoms with E-state index < -0.39 is 0 Å². The molecule has 2 nitrogen and oxygen atoms in total. The second kappa shape index (κ2) is 7.22. The third kappa shape index (κ3) is 4.51. The van der Waals surface area contributed by atoms with E-state index in [9.17, 15) is 0 Å². The SMILES string of the molecule is CC.C[NH2+]Cc1ccccn1. The van der Waals surface area contributed by atoms with Crippen LogP contribution >= 0.6 is 0 Å². The Kier molecular flexibility index (Phi) is 6.64. The normalized spacial score (nSPS) is 8.27. The molecule has 0 aliphatic rings. The van der Waals surface area contributed by atoms with Crippen molar-refractivity contribution in [2.45, 2.75) is 20.4 Å². The molecule has 0 fully saturated rings. The van der Waals surface area contributed by atoms with Crippen LogP contribution in [0.3, 0.4) is 0 Å². The zero-order valence-corrected chi connectivity index (χ0v) is 7.54. The number of hydrogen-bond donors (Lipinski definition) is 1. The number of rotatable bonds is 2. The molecule has 1 aromatic heterocycles. The van der Waals surface area contributed by atoms with Crippen LogP contribution in [-0.4, -0.2) is 12.0 Å². The van der Waals surface area contributed by atoms with Gasteiger partial charge in [0.05, 0.1) is 12.7 Å². The van der Waals surface area contributed by atoms with Gasteiger partial charge in [0.1, 0.15) is 6.54 Å². The minimum Gasteiger partial charge on any atom is -0.344 e. The fraction of sp³-hybridized carbons (Fsp3) is 0.444. The molecule has 0 aliphatic heterocycles. The zero-order valence-electron chi connectivity index (χ0n) is 7.54. The summed E-state index contributed by atoms with van der Waals surface area (Å²) in [6, 6.07) is 5.96. The quantitative estimate of drug-likeness (QED) is 0.669. The molecule has 0 radical (unpaired) electrons. The first kappa shape index (κ1) is 10.1. The summed E-state index contributed by atoms with van der Waals surface area (Å²) < 4.78 is 0. The molecule has 0 aliphatic carbocycles. The summed E-state index contributed by atoms with van der Waals surface area (Å²) in [6.45, 7) is 4.97. The van der Waals surface area contributed by atoms with E-state index in [4.69, 9.17) is 0 Å². The van der Waals surface area contributed by atoms with Crippen LogP contribution in [0.25, 0.3) is 0 Å². The maximum Gasteiger partial charge on any atom is 0.118 e. The second-order valence-electron chi connectivity index (χ2n) is 1.93. The van der Waals surface area contributed by atoms with Crippen molar-refractivity contribution in [1.82, 2.24) is 4.98 Å². The lowest BCUT2D eigenvalue weighted by Gasteiger charge is -1.92. The zero-order chi connectivity index (χ0) is 8.53. The summed E-state index contributed by atoms with van der Waals surface area (Å²) in [5.41, 5.74) is 1.14. The van der Waals surface area contributed by atoms with E-state index >= 15 is 0 Å². The maximum absolute atomic E-state index is 4.14. The van der Waals surface area contributed by atoms with Crippen molar-refractivity contribution in [3.8, 4) is 0 Å². The van der Waals surface area contributed by atoms with Crippen LogP contribution in [0.5, 0.6) is 0 Å². The smallest absolute Gasteiger partial charge is 0.118 e. The van der Waals surface area contributed by atoms with Crippen LogP contribution in [0.1, 0.15) is 19.5 Å². The number of hydrogen-bond acceptors (Lipinski definition) is 1. The monoisotopic (exact) mass is 153 g/mol. The predicted molar refractivity (Wildman–Crippen MR) is 47.1 cm³/mol. The Morgan fingerprint density at radius 1 is 1.36 bits per heavy atom. The molecule has 0 bridgehead atoms. The molecule has 0 amide bonds. The van der Waals surface area contributed by atoms with E-state index in [-0.39, 0.29) is 0 Å². The minimum absolute atomic E-state index is 0.973. The predicted octanol–water partition coefficient (Wildman–Crippen LogP) is 0.801. The molecule has 0 aromatic carbocycles. The van der Waals surface area contributed by atoms with Crippen LogP contribution in [0.2, 0.25) is 0 Å². The van der Waals surface area contributed by atoms with E-state index in [2.05, 4.69) is 10.3 Å². The van der Waals surface area contributed by atoms with Gasteiger partial charge in [0, 0.05) is 6.20 Å². The lowest BCUT2D eigenvalue weighted by Crippen LogP contribution is -2.77. The van der Waals surface area contributed by atoms with Crippen LogP contribution in [-0.2, 0) is 6.54 Å². The number of aromatic nitrogens is 1. The number of pyridine rings is 1. The second-order valence-corrected chi connectivity index (χ2v) is 1.93. The van der Waals surface area contributed by atoms with Crippen molar-refractivity contribution in [3.63, 3.8) is 0 Å². The Bertz CT molecular complexity index is 160. The Morgan fingerprint density at radius 2 is 2.09 bits per heavy atom. The van der Waals surface area contributed by atoms with Gasteiger partial charge in [0.2, 0.25) is 0 Å². The van der Waals surface area contributed by atoms with Gasteiger partial charge < -0.3 is 5.32 Å². The van der Waals surface area contributed by atoms with Crippen molar-refractivity contribution < 1.29 is 5.32 Å². The van der Waals surface area contributed by atoms with Crippen molar-refractivity contribution in [1.29, 1.82) is 0 Å². The molecule has 2 heteroatoms. The molecule has 2 N–H and O–H groups in total. The van der Waals surface area contributed by atoms with Crippen molar-refractivity contribution in [3.05, 3.63) is 30.1 Å². The third-order valence-corrected chi connectivity index (χ3v) is 1.14. The molecule has 62 valence electrons. The molecule has 1 heterocycles. The van der Waals surface area contributed by atoms with E-state index in [1.54, 1.807) is 0 Å². The molecule has 0 atom stereocenters. The Hall–Kier alpha value is -0.890. The minimum atomic E-state index is 0.973. The first-order chi connectivity index (χ1) is 5.43. The average Bonchev–Trinajstić information content (AvgIpc) is 2.11. The Balaban J connectivity index is 0.000000461. The van der Waals surface area contributed by atoms with Crippen molar-refractivity contribution >= 4 is 0 Å². The topological polar surface area (TPSA) is 29.5 Å². The molecular formula is C9H17N2+. The van der Waals surface area contributed by atoms with Gasteiger partial charge in [-0.05, 0) is 12.1 Å². The molecule has 11 heavy (non-hydrogen) atoms. The average molecular weight is 153 g/mol.